The minimum atomic E-state index is -1.04. The van der Waals surface area contributed by atoms with Gasteiger partial charge in [-0.2, -0.15) is 11.8 Å². The molecular formula is C11H15N3O3S. The molecule has 6 nitrogen and oxygen atoms in total. The standard InChI is InChI=1S/C11H15N3O3S/c15-10(8-1-4-18-6-8)12-2-3-14-5-9(11(16)17)13-7-14/h5,7-8H,1-4,6H2,(H,12,15)(H,16,17). The minimum absolute atomic E-state index is 0.0218. The minimum Gasteiger partial charge on any atom is -0.476 e. The van der Waals surface area contributed by atoms with Crippen LogP contribution in [0.25, 0.3) is 0 Å². The first-order chi connectivity index (χ1) is 8.66. The number of carboxylic acids is 1. The monoisotopic (exact) mass is 269 g/mol. The highest BCUT2D eigenvalue weighted by atomic mass is 32.2. The molecule has 18 heavy (non-hydrogen) atoms. The second-order valence-electron chi connectivity index (χ2n) is 4.15. The summed E-state index contributed by atoms with van der Waals surface area (Å²) in [6, 6.07) is 0. The predicted molar refractivity (Wildman–Crippen MR) is 67.6 cm³/mol. The predicted octanol–water partition coefficient (Wildman–Crippen LogP) is 0.451. The number of carbonyl (C=O) groups excluding carboxylic acids is 1. The Bertz CT molecular complexity index is 440. The summed E-state index contributed by atoms with van der Waals surface area (Å²) >= 11 is 1.81. The highest BCUT2D eigenvalue weighted by molar-refractivity contribution is 7.99. The van der Waals surface area contributed by atoms with Crippen LogP contribution >= 0.6 is 11.8 Å². The van der Waals surface area contributed by atoms with E-state index in [2.05, 4.69) is 10.3 Å². The molecule has 0 aromatic carbocycles. The van der Waals surface area contributed by atoms with Crippen molar-refractivity contribution in [3.8, 4) is 0 Å². The largest absolute Gasteiger partial charge is 0.476 e. The fraction of sp³-hybridized carbons (Fsp3) is 0.545. The van der Waals surface area contributed by atoms with E-state index >= 15 is 0 Å². The van der Waals surface area contributed by atoms with Gasteiger partial charge in [0.1, 0.15) is 0 Å². The number of amides is 1. The van der Waals surface area contributed by atoms with E-state index in [1.165, 1.54) is 12.5 Å². The molecule has 1 atom stereocenters. The van der Waals surface area contributed by atoms with Gasteiger partial charge in [0.25, 0.3) is 0 Å². The summed E-state index contributed by atoms with van der Waals surface area (Å²) in [6.45, 7) is 1.03. The molecule has 1 aliphatic heterocycles. The average molecular weight is 269 g/mol. The lowest BCUT2D eigenvalue weighted by Gasteiger charge is -2.09. The van der Waals surface area contributed by atoms with Crippen LogP contribution in [-0.4, -0.2) is 44.6 Å². The van der Waals surface area contributed by atoms with Gasteiger partial charge in [0.15, 0.2) is 5.69 Å². The van der Waals surface area contributed by atoms with Crippen molar-refractivity contribution < 1.29 is 14.7 Å². The first-order valence-electron chi connectivity index (χ1n) is 5.77. The van der Waals surface area contributed by atoms with E-state index in [1.807, 2.05) is 0 Å². The van der Waals surface area contributed by atoms with Crippen LogP contribution in [0.5, 0.6) is 0 Å². The maximum atomic E-state index is 11.7. The Balaban J connectivity index is 1.74. The molecule has 1 aliphatic rings. The number of hydrogen-bond acceptors (Lipinski definition) is 4. The van der Waals surface area contributed by atoms with Gasteiger partial charge in [0, 0.05) is 31.0 Å². The number of thioether (sulfide) groups is 1. The Morgan fingerprint density at radius 3 is 3.06 bits per heavy atom. The lowest BCUT2D eigenvalue weighted by molar-refractivity contribution is -0.124. The number of hydrogen-bond donors (Lipinski definition) is 2. The fourth-order valence-electron chi connectivity index (χ4n) is 1.79. The van der Waals surface area contributed by atoms with Crippen LogP contribution in [0.2, 0.25) is 0 Å². The number of imidazole rings is 1. The molecule has 98 valence electrons. The van der Waals surface area contributed by atoms with Gasteiger partial charge in [-0.3, -0.25) is 4.79 Å². The molecule has 2 rings (SSSR count). The number of nitrogens with one attached hydrogen (secondary N) is 1. The summed E-state index contributed by atoms with van der Waals surface area (Å²) in [7, 11) is 0. The molecule has 7 heteroatoms. The van der Waals surface area contributed by atoms with Crippen LogP contribution in [0.1, 0.15) is 16.9 Å². The fourth-order valence-corrected chi connectivity index (χ4v) is 3.01. The van der Waals surface area contributed by atoms with Gasteiger partial charge in [-0.1, -0.05) is 0 Å². The van der Waals surface area contributed by atoms with Crippen molar-refractivity contribution in [1.82, 2.24) is 14.9 Å². The molecule has 1 aromatic rings. The number of nitrogens with zero attached hydrogens (tertiary/aromatic N) is 2. The molecule has 0 bridgehead atoms. The second-order valence-corrected chi connectivity index (χ2v) is 5.30. The summed E-state index contributed by atoms with van der Waals surface area (Å²) in [5, 5.41) is 11.6. The summed E-state index contributed by atoms with van der Waals surface area (Å²) in [5.74, 6) is 1.15. The zero-order valence-corrected chi connectivity index (χ0v) is 10.7. The van der Waals surface area contributed by atoms with Gasteiger partial charge >= 0.3 is 5.97 Å². The maximum absolute atomic E-state index is 11.7. The molecule has 1 fully saturated rings. The zero-order chi connectivity index (χ0) is 13.0. The van der Waals surface area contributed by atoms with Crippen LogP contribution in [0, 0.1) is 5.92 Å². The third-order valence-corrected chi connectivity index (χ3v) is 3.98. The Morgan fingerprint density at radius 2 is 2.44 bits per heavy atom. The molecule has 0 saturated carbocycles. The van der Waals surface area contributed by atoms with E-state index in [0.717, 1.165) is 17.9 Å². The number of aromatic carboxylic acids is 1. The molecule has 2 heterocycles. The van der Waals surface area contributed by atoms with Gasteiger partial charge in [-0.05, 0) is 12.2 Å². The third kappa shape index (κ3) is 3.25. The van der Waals surface area contributed by atoms with E-state index in [-0.39, 0.29) is 17.5 Å². The second kappa shape index (κ2) is 5.90. The van der Waals surface area contributed by atoms with Gasteiger partial charge in [-0.25, -0.2) is 9.78 Å². The Morgan fingerprint density at radius 1 is 1.61 bits per heavy atom. The molecule has 0 spiro atoms. The average Bonchev–Trinajstić information content (AvgIpc) is 3.00. The van der Waals surface area contributed by atoms with E-state index in [9.17, 15) is 9.59 Å². The highest BCUT2D eigenvalue weighted by Gasteiger charge is 2.22. The molecular weight excluding hydrogens is 254 g/mol. The third-order valence-electron chi connectivity index (χ3n) is 2.82. The normalized spacial score (nSPS) is 18.8. The van der Waals surface area contributed by atoms with Crippen molar-refractivity contribution in [3.05, 3.63) is 18.2 Å². The van der Waals surface area contributed by atoms with Crippen LogP contribution in [0.15, 0.2) is 12.5 Å². The number of rotatable bonds is 5. The maximum Gasteiger partial charge on any atom is 0.356 e. The van der Waals surface area contributed by atoms with Crippen molar-refractivity contribution in [2.75, 3.05) is 18.1 Å². The van der Waals surface area contributed by atoms with Crippen molar-refractivity contribution >= 4 is 23.6 Å². The topological polar surface area (TPSA) is 84.2 Å². The first kappa shape index (κ1) is 12.9. The Hall–Kier alpha value is -1.50. The van der Waals surface area contributed by atoms with Crippen LogP contribution in [0.4, 0.5) is 0 Å². The SMILES string of the molecule is O=C(O)c1cn(CCNC(=O)C2CCSC2)cn1. The van der Waals surface area contributed by atoms with Crippen molar-refractivity contribution in [3.63, 3.8) is 0 Å². The van der Waals surface area contributed by atoms with Gasteiger partial charge < -0.3 is 15.0 Å². The summed E-state index contributed by atoms with van der Waals surface area (Å²) < 4.78 is 1.66. The first-order valence-corrected chi connectivity index (χ1v) is 6.93. The smallest absolute Gasteiger partial charge is 0.356 e. The lowest BCUT2D eigenvalue weighted by atomic mass is 10.1. The van der Waals surface area contributed by atoms with Crippen LogP contribution < -0.4 is 5.32 Å². The quantitative estimate of drug-likeness (QED) is 0.811. The summed E-state index contributed by atoms with van der Waals surface area (Å²) in [6.07, 6.45) is 3.87. The summed E-state index contributed by atoms with van der Waals surface area (Å²) in [5.41, 5.74) is 0.0218. The van der Waals surface area contributed by atoms with E-state index in [0.29, 0.717) is 13.1 Å². The Kier molecular flexibility index (Phi) is 4.24. The number of carboxylic acid groups (broad SMARTS) is 1. The lowest BCUT2D eigenvalue weighted by Crippen LogP contribution is -2.32. The van der Waals surface area contributed by atoms with E-state index in [1.54, 1.807) is 16.3 Å². The van der Waals surface area contributed by atoms with Crippen molar-refractivity contribution in [1.29, 1.82) is 0 Å². The summed E-state index contributed by atoms with van der Waals surface area (Å²) in [4.78, 5) is 26.1. The van der Waals surface area contributed by atoms with Gasteiger partial charge in [-0.15, -0.1) is 0 Å². The van der Waals surface area contributed by atoms with Gasteiger partial charge in [0.2, 0.25) is 5.91 Å². The molecule has 1 amide bonds. The van der Waals surface area contributed by atoms with Crippen molar-refractivity contribution in [2.45, 2.75) is 13.0 Å². The molecule has 1 saturated heterocycles. The molecule has 2 N–H and O–H groups in total. The highest BCUT2D eigenvalue weighted by Crippen LogP contribution is 2.23. The molecule has 0 radical (unpaired) electrons. The molecule has 0 aliphatic carbocycles. The van der Waals surface area contributed by atoms with Crippen LogP contribution in [-0.2, 0) is 11.3 Å². The van der Waals surface area contributed by atoms with Crippen LogP contribution in [0.3, 0.4) is 0 Å². The molecule has 1 unspecified atom stereocenters. The number of aromatic nitrogens is 2. The number of carbonyl (C=O) groups is 2. The van der Waals surface area contributed by atoms with Gasteiger partial charge in [0.05, 0.1) is 6.33 Å². The molecule has 1 aromatic heterocycles. The van der Waals surface area contributed by atoms with Crippen molar-refractivity contribution in [2.24, 2.45) is 5.92 Å². The van der Waals surface area contributed by atoms with E-state index < -0.39 is 5.97 Å². The Labute approximate surface area is 109 Å². The van der Waals surface area contributed by atoms with E-state index in [4.69, 9.17) is 5.11 Å². The zero-order valence-electron chi connectivity index (χ0n) is 9.83.